The van der Waals surface area contributed by atoms with E-state index in [0.29, 0.717) is 17.6 Å². The Morgan fingerprint density at radius 3 is 2.96 bits per heavy atom. The Morgan fingerprint density at radius 2 is 2.21 bits per heavy atom. The highest BCUT2D eigenvalue weighted by Gasteiger charge is 2.22. The van der Waals surface area contributed by atoms with Crippen LogP contribution in [0.1, 0.15) is 12.8 Å². The zero-order chi connectivity index (χ0) is 16.7. The van der Waals surface area contributed by atoms with Gasteiger partial charge in [0.2, 0.25) is 0 Å². The second kappa shape index (κ2) is 6.03. The lowest BCUT2D eigenvalue weighted by Crippen LogP contribution is -2.40. The third-order valence-electron chi connectivity index (χ3n) is 4.46. The second-order valence-corrected chi connectivity index (χ2v) is 7.25. The first-order valence-electron chi connectivity index (χ1n) is 8.03. The van der Waals surface area contributed by atoms with Gasteiger partial charge in [-0.25, -0.2) is 4.98 Å². The molecule has 0 amide bonds. The Bertz CT molecular complexity index is 873. The Kier molecular flexibility index (Phi) is 3.85. The lowest BCUT2D eigenvalue weighted by molar-refractivity contribution is 0.261. The van der Waals surface area contributed by atoms with E-state index in [1.54, 1.807) is 12.4 Å². The van der Waals surface area contributed by atoms with Crippen LogP contribution in [0.15, 0.2) is 17.8 Å². The summed E-state index contributed by atoms with van der Waals surface area (Å²) < 4.78 is 1.93. The predicted octanol–water partition coefficient (Wildman–Crippen LogP) is 2.30. The van der Waals surface area contributed by atoms with E-state index in [4.69, 9.17) is 0 Å². The third-order valence-corrected chi connectivity index (χ3v) is 5.37. The normalized spacial score (nSPS) is 19.0. The van der Waals surface area contributed by atoms with Crippen LogP contribution in [0.25, 0.3) is 21.6 Å². The topological polar surface area (TPSA) is 79.1 Å². The van der Waals surface area contributed by atoms with Gasteiger partial charge >= 0.3 is 0 Å². The van der Waals surface area contributed by atoms with Crippen LogP contribution in [0.5, 0.6) is 5.75 Å². The largest absolute Gasteiger partial charge is 0.506 e. The summed E-state index contributed by atoms with van der Waals surface area (Å²) in [5, 5.41) is 24.2. The van der Waals surface area contributed by atoms with Crippen molar-refractivity contribution in [2.24, 2.45) is 7.05 Å². The minimum atomic E-state index is 0.228. The van der Waals surface area contributed by atoms with Crippen LogP contribution in [0.4, 0.5) is 5.82 Å². The molecular formula is C16H20N6OS. The van der Waals surface area contributed by atoms with E-state index in [9.17, 15) is 5.11 Å². The first-order valence-corrected chi connectivity index (χ1v) is 8.91. The van der Waals surface area contributed by atoms with E-state index >= 15 is 0 Å². The first kappa shape index (κ1) is 15.3. The molecular weight excluding hydrogens is 324 g/mol. The van der Waals surface area contributed by atoms with Gasteiger partial charge < -0.3 is 19.9 Å². The molecule has 0 radical (unpaired) electrons. The molecule has 7 nitrogen and oxygen atoms in total. The maximum absolute atomic E-state index is 10.0. The second-order valence-electron chi connectivity index (χ2n) is 6.33. The minimum absolute atomic E-state index is 0.228. The molecule has 1 aliphatic rings. The highest BCUT2D eigenvalue weighted by molar-refractivity contribution is 7.14. The number of aryl methyl sites for hydroxylation is 1. The molecule has 8 heteroatoms. The number of rotatable bonds is 3. The van der Waals surface area contributed by atoms with E-state index in [1.165, 1.54) is 17.8 Å². The first-order chi connectivity index (χ1) is 11.6. The standard InChI is InChI=1S/C16H20N6OS/c1-21-6-3-4-10(8-21)18-16-13-14(22(2)9-17-13)12(19-20-16)15-11(23)5-7-24-15/h5,7,9-10,23H,3-4,6,8H2,1-2H3,(H,18,20)/t10-/m1/s1. The van der Waals surface area contributed by atoms with Gasteiger partial charge in [-0.3, -0.25) is 0 Å². The van der Waals surface area contributed by atoms with Crippen LogP contribution in [-0.2, 0) is 7.05 Å². The van der Waals surface area contributed by atoms with Crippen molar-refractivity contribution in [1.29, 1.82) is 0 Å². The summed E-state index contributed by atoms with van der Waals surface area (Å²) in [6, 6.07) is 2.03. The zero-order valence-electron chi connectivity index (χ0n) is 13.7. The molecule has 4 heterocycles. The molecule has 3 aromatic heterocycles. The molecule has 0 aliphatic carbocycles. The fourth-order valence-corrected chi connectivity index (χ4v) is 4.06. The van der Waals surface area contributed by atoms with Gasteiger partial charge in [-0.05, 0) is 37.9 Å². The van der Waals surface area contributed by atoms with Gasteiger partial charge in [0.1, 0.15) is 22.5 Å². The zero-order valence-corrected chi connectivity index (χ0v) is 14.5. The molecule has 0 spiro atoms. The molecule has 1 saturated heterocycles. The molecule has 0 bridgehead atoms. The third kappa shape index (κ3) is 2.61. The van der Waals surface area contributed by atoms with Crippen molar-refractivity contribution in [3.63, 3.8) is 0 Å². The quantitative estimate of drug-likeness (QED) is 0.759. The van der Waals surface area contributed by atoms with Gasteiger partial charge in [0, 0.05) is 19.6 Å². The Labute approximate surface area is 144 Å². The van der Waals surface area contributed by atoms with Gasteiger partial charge in [-0.2, -0.15) is 0 Å². The highest BCUT2D eigenvalue weighted by Crippen LogP contribution is 2.37. The van der Waals surface area contributed by atoms with Gasteiger partial charge in [-0.1, -0.05) is 0 Å². The lowest BCUT2D eigenvalue weighted by Gasteiger charge is -2.30. The number of nitrogens with zero attached hydrogens (tertiary/aromatic N) is 5. The Morgan fingerprint density at radius 1 is 1.33 bits per heavy atom. The molecule has 1 atom stereocenters. The van der Waals surface area contributed by atoms with Gasteiger partial charge in [0.15, 0.2) is 5.82 Å². The summed E-state index contributed by atoms with van der Waals surface area (Å²) in [4.78, 5) is 7.55. The fourth-order valence-electron chi connectivity index (χ4n) is 3.28. The molecule has 0 unspecified atom stereocenters. The Hall–Kier alpha value is -2.19. The molecule has 24 heavy (non-hydrogen) atoms. The maximum Gasteiger partial charge on any atom is 0.177 e. The van der Waals surface area contributed by atoms with Crippen molar-refractivity contribution >= 4 is 28.2 Å². The number of hydrogen-bond acceptors (Lipinski definition) is 7. The van der Waals surface area contributed by atoms with Crippen molar-refractivity contribution in [3.8, 4) is 16.3 Å². The number of nitrogens with one attached hydrogen (secondary N) is 1. The molecule has 4 rings (SSSR count). The summed E-state index contributed by atoms with van der Waals surface area (Å²) in [6.45, 7) is 2.13. The van der Waals surface area contributed by atoms with Crippen LogP contribution in [0.3, 0.4) is 0 Å². The molecule has 0 aromatic carbocycles. The number of likely N-dealkylation sites (N-methyl/N-ethyl adjacent to an activating group) is 1. The van der Waals surface area contributed by atoms with Crippen molar-refractivity contribution in [2.45, 2.75) is 18.9 Å². The summed E-state index contributed by atoms with van der Waals surface area (Å²) >= 11 is 1.45. The van der Waals surface area contributed by atoms with Crippen LogP contribution in [0.2, 0.25) is 0 Å². The monoisotopic (exact) mass is 344 g/mol. The average Bonchev–Trinajstić information content (AvgIpc) is 3.15. The van der Waals surface area contributed by atoms with Crippen LogP contribution in [-0.4, -0.2) is 55.9 Å². The van der Waals surface area contributed by atoms with E-state index in [-0.39, 0.29) is 5.75 Å². The number of thiophene rings is 1. The van der Waals surface area contributed by atoms with E-state index in [1.807, 2.05) is 17.0 Å². The van der Waals surface area contributed by atoms with Gasteiger partial charge in [-0.15, -0.1) is 21.5 Å². The van der Waals surface area contributed by atoms with Crippen LogP contribution >= 0.6 is 11.3 Å². The number of piperidine rings is 1. The number of anilines is 1. The minimum Gasteiger partial charge on any atom is -0.506 e. The summed E-state index contributed by atoms with van der Waals surface area (Å²) in [6.07, 6.45) is 4.06. The lowest BCUT2D eigenvalue weighted by atomic mass is 10.1. The van der Waals surface area contributed by atoms with E-state index in [2.05, 4.69) is 32.4 Å². The SMILES string of the molecule is CN1CCC[C@@H](Nc2nnc(-c3sccc3O)c3c2ncn3C)C1. The summed E-state index contributed by atoms with van der Waals surface area (Å²) in [5.74, 6) is 0.942. The number of aromatic hydroxyl groups is 1. The predicted molar refractivity (Wildman–Crippen MR) is 95.4 cm³/mol. The summed E-state index contributed by atoms with van der Waals surface area (Å²) in [7, 11) is 4.07. The Balaban J connectivity index is 1.75. The average molecular weight is 344 g/mol. The van der Waals surface area contributed by atoms with Crippen LogP contribution < -0.4 is 5.32 Å². The number of hydrogen-bond donors (Lipinski definition) is 2. The van der Waals surface area contributed by atoms with Crippen LogP contribution in [0, 0.1) is 0 Å². The van der Waals surface area contributed by atoms with Crippen molar-refractivity contribution in [1.82, 2.24) is 24.6 Å². The molecule has 126 valence electrons. The highest BCUT2D eigenvalue weighted by atomic mass is 32.1. The smallest absolute Gasteiger partial charge is 0.177 e. The maximum atomic E-state index is 10.0. The van der Waals surface area contributed by atoms with E-state index < -0.39 is 0 Å². The number of aromatic nitrogens is 4. The molecule has 2 N–H and O–H groups in total. The van der Waals surface area contributed by atoms with Crippen molar-refractivity contribution in [2.75, 3.05) is 25.5 Å². The summed E-state index contributed by atoms with van der Waals surface area (Å²) in [5.41, 5.74) is 2.35. The molecule has 3 aromatic rings. The molecule has 1 fully saturated rings. The number of fused-ring (bicyclic) bond motifs is 1. The van der Waals surface area contributed by atoms with E-state index in [0.717, 1.165) is 35.4 Å². The number of imidazole rings is 1. The van der Waals surface area contributed by atoms with Crippen molar-refractivity contribution in [3.05, 3.63) is 17.8 Å². The molecule has 0 saturated carbocycles. The number of likely N-dealkylation sites (tertiary alicyclic amines) is 1. The fraction of sp³-hybridized carbons (Fsp3) is 0.438. The van der Waals surface area contributed by atoms with Gasteiger partial charge in [0.25, 0.3) is 0 Å². The molecule has 1 aliphatic heterocycles. The van der Waals surface area contributed by atoms with Crippen molar-refractivity contribution < 1.29 is 5.11 Å². The van der Waals surface area contributed by atoms with Gasteiger partial charge in [0.05, 0.1) is 11.2 Å².